The van der Waals surface area contributed by atoms with Crippen molar-refractivity contribution in [1.82, 2.24) is 10.6 Å². The van der Waals surface area contributed by atoms with Gasteiger partial charge in [-0.3, -0.25) is 0 Å². The van der Waals surface area contributed by atoms with E-state index in [-0.39, 0.29) is 57.6 Å². The predicted octanol–water partition coefficient (Wildman–Crippen LogP) is 9.88. The number of nitrogens with two attached hydrogens (primary N) is 1. The summed E-state index contributed by atoms with van der Waals surface area (Å²) in [4.78, 5) is 28.3. The fourth-order valence-electron chi connectivity index (χ4n) is 9.30. The van der Waals surface area contributed by atoms with Gasteiger partial charge in [0.15, 0.2) is 6.29 Å². The van der Waals surface area contributed by atoms with Crippen LogP contribution in [0.15, 0.2) is 146 Å². The molecular formula is C60H65F6N5O13. The molecule has 24 heteroatoms. The van der Waals surface area contributed by atoms with Crippen LogP contribution in [0.5, 0.6) is 23.0 Å². The second-order valence-corrected chi connectivity index (χ2v) is 19.6. The maximum absolute atomic E-state index is 14.5. The minimum atomic E-state index is -4.75. The Morgan fingerprint density at radius 2 is 0.929 bits per heavy atom. The average molecular weight is 1180 g/mol. The van der Waals surface area contributed by atoms with Crippen LogP contribution in [0.3, 0.4) is 0 Å². The molecule has 0 saturated carbocycles. The number of carbonyl (C=O) groups is 2. The van der Waals surface area contributed by atoms with Gasteiger partial charge >= 0.3 is 24.4 Å². The van der Waals surface area contributed by atoms with E-state index in [2.05, 4.69) is 21.3 Å². The Morgan fingerprint density at radius 3 is 1.36 bits per heavy atom. The van der Waals surface area contributed by atoms with Crippen LogP contribution in [0.4, 0.5) is 47.3 Å². The summed E-state index contributed by atoms with van der Waals surface area (Å²) in [5.74, 6) is 2.39. The summed E-state index contributed by atoms with van der Waals surface area (Å²) in [5, 5.41) is 10.5. The number of benzene rings is 6. The van der Waals surface area contributed by atoms with Gasteiger partial charge in [0.2, 0.25) is 0 Å². The molecule has 18 nitrogen and oxygen atoms in total. The molecule has 6 aromatic rings. The molecule has 2 aliphatic heterocycles. The third-order valence-electron chi connectivity index (χ3n) is 13.8. The number of urea groups is 2. The van der Waals surface area contributed by atoms with Gasteiger partial charge in [-0.05, 0) is 107 Å². The molecule has 9 atom stereocenters. The lowest BCUT2D eigenvalue weighted by Crippen LogP contribution is -2.70. The SMILES string of the molecule is COc1ccc(COCC2OCC(NC(=O)Nc3cccc(C(F)(F)F)c3)[C@@H](O[C@@H]3OC(COCc4ccc(OC)cc4)[C@H](OCc4ccc(OC)cc4)[C@H](OCc4ccc(OC)cc4)C3NC(=O)Nc3cccc(C(F)(F)F)c3)[C@H]2N)cc1. The lowest BCUT2D eigenvalue weighted by molar-refractivity contribution is -0.308. The van der Waals surface area contributed by atoms with Gasteiger partial charge in [0.05, 0.1) is 104 Å². The molecule has 6 aromatic carbocycles. The van der Waals surface area contributed by atoms with Crippen LogP contribution in [-0.2, 0) is 71.9 Å². The van der Waals surface area contributed by atoms with Crippen LogP contribution in [0.25, 0.3) is 0 Å². The Labute approximate surface area is 481 Å². The Balaban J connectivity index is 1.18. The number of halogens is 6. The van der Waals surface area contributed by atoms with Gasteiger partial charge in [0.25, 0.3) is 0 Å². The predicted molar refractivity (Wildman–Crippen MR) is 294 cm³/mol. The first-order chi connectivity index (χ1) is 40.4. The summed E-state index contributed by atoms with van der Waals surface area (Å²) >= 11 is 0. The molecule has 0 bridgehead atoms. The monoisotopic (exact) mass is 1180 g/mol. The van der Waals surface area contributed by atoms with Crippen molar-refractivity contribution in [3.05, 3.63) is 179 Å². The number of anilines is 2. The Bertz CT molecular complexity index is 3040. The van der Waals surface area contributed by atoms with Crippen LogP contribution in [-0.4, -0.2) is 115 Å². The number of nitrogens with one attached hydrogen (secondary N) is 4. The summed E-state index contributed by atoms with van der Waals surface area (Å²) in [7, 11) is 6.12. The van der Waals surface area contributed by atoms with Crippen molar-refractivity contribution in [3.63, 3.8) is 0 Å². The fraction of sp³-hybridized carbons (Fsp3) is 0.367. The van der Waals surface area contributed by atoms with Crippen molar-refractivity contribution in [3.8, 4) is 23.0 Å². The summed E-state index contributed by atoms with van der Waals surface area (Å²) < 4.78 is 151. The highest BCUT2D eigenvalue weighted by Gasteiger charge is 2.52. The van der Waals surface area contributed by atoms with Crippen molar-refractivity contribution < 1.29 is 88.0 Å². The first-order valence-electron chi connectivity index (χ1n) is 26.5. The Hall–Kier alpha value is -7.68. The molecule has 0 aromatic heterocycles. The molecule has 84 heavy (non-hydrogen) atoms. The summed E-state index contributed by atoms with van der Waals surface area (Å²) in [6.07, 6.45) is -16.9. The van der Waals surface area contributed by atoms with Gasteiger partial charge in [-0.15, -0.1) is 0 Å². The standard InChI is InChI=1S/C60H65F6N5O13/c1-74-44-19-11-36(12-20-44)29-78-34-49-51(67)53(48(33-80-49)70-57(72)68-42-9-5-7-40(27-42)59(61,62)63)84-56-52(71-58(73)69-43-10-6-8-41(28-43)60(64,65)66)55(82-32-39-17-25-47(77-4)26-18-39)54(81-31-38-15-23-46(76-3)24-16-38)50(83-56)35-79-30-37-13-21-45(75-2)22-14-37/h5-28,48-56H,29-35,67H2,1-4H3,(H2,68,70,72)(H2,69,71,73)/t48?,49?,50?,51-,52?,53+,54-,55+,56-/m0/s1. The zero-order valence-corrected chi connectivity index (χ0v) is 46.2. The minimum Gasteiger partial charge on any atom is -0.497 e. The molecule has 0 spiro atoms. The van der Waals surface area contributed by atoms with Crippen molar-refractivity contribution >= 4 is 23.4 Å². The molecule has 8 rings (SSSR count). The van der Waals surface area contributed by atoms with E-state index in [0.29, 0.717) is 34.1 Å². The Morgan fingerprint density at radius 1 is 0.524 bits per heavy atom. The van der Waals surface area contributed by atoms with Crippen LogP contribution in [0.2, 0.25) is 0 Å². The molecule has 2 fully saturated rings. The molecule has 0 aliphatic carbocycles. The lowest BCUT2D eigenvalue weighted by atomic mass is 9.93. The largest absolute Gasteiger partial charge is 0.497 e. The smallest absolute Gasteiger partial charge is 0.416 e. The number of rotatable bonds is 24. The van der Waals surface area contributed by atoms with Gasteiger partial charge in [0, 0.05) is 11.4 Å². The number of hydrogen-bond donors (Lipinski definition) is 5. The maximum atomic E-state index is 14.5. The summed E-state index contributed by atoms with van der Waals surface area (Å²) in [6, 6.07) is 30.6. The first kappa shape index (κ1) is 62.4. The quantitative estimate of drug-likeness (QED) is 0.0358. The molecule has 4 unspecified atom stereocenters. The van der Waals surface area contributed by atoms with Gasteiger partial charge in [-0.2, -0.15) is 26.3 Å². The van der Waals surface area contributed by atoms with Gasteiger partial charge in [-0.25, -0.2) is 9.59 Å². The maximum Gasteiger partial charge on any atom is 0.416 e. The Kier molecular flexibility index (Phi) is 21.7. The van der Waals surface area contributed by atoms with Crippen LogP contribution < -0.4 is 45.9 Å². The van der Waals surface area contributed by atoms with Crippen LogP contribution in [0, 0.1) is 0 Å². The number of carbonyl (C=O) groups excluding carboxylic acids is 2. The summed E-state index contributed by atoms with van der Waals surface area (Å²) in [5.41, 5.74) is 7.54. The average Bonchev–Trinajstić information content (AvgIpc) is 2.99. The van der Waals surface area contributed by atoms with Crippen molar-refractivity contribution in [2.45, 2.75) is 93.7 Å². The van der Waals surface area contributed by atoms with E-state index in [1.807, 2.05) is 24.3 Å². The van der Waals surface area contributed by atoms with E-state index >= 15 is 0 Å². The summed E-state index contributed by atoms with van der Waals surface area (Å²) in [6.45, 7) is -0.612. The molecule has 2 saturated heterocycles. The zero-order chi connectivity index (χ0) is 59.8. The van der Waals surface area contributed by atoms with E-state index in [0.717, 1.165) is 47.5 Å². The van der Waals surface area contributed by atoms with Crippen molar-refractivity contribution in [2.75, 3.05) is 58.9 Å². The molecule has 2 heterocycles. The van der Waals surface area contributed by atoms with E-state index in [4.69, 9.17) is 57.8 Å². The molecular weight excluding hydrogens is 1110 g/mol. The topological polar surface area (TPSA) is 210 Å². The van der Waals surface area contributed by atoms with E-state index in [1.165, 1.54) is 26.4 Å². The highest BCUT2D eigenvalue weighted by molar-refractivity contribution is 5.90. The highest BCUT2D eigenvalue weighted by Crippen LogP contribution is 2.35. The normalized spacial score (nSPS) is 21.6. The third kappa shape index (κ3) is 17.4. The second kappa shape index (κ2) is 29.2. The van der Waals surface area contributed by atoms with Gasteiger partial charge < -0.3 is 79.1 Å². The first-order valence-corrected chi connectivity index (χ1v) is 26.5. The van der Waals surface area contributed by atoms with Gasteiger partial charge in [0.1, 0.15) is 53.5 Å². The molecule has 450 valence electrons. The number of alkyl halides is 6. The number of methoxy groups -OCH3 is 4. The number of hydrogen-bond acceptors (Lipinski definition) is 14. The second-order valence-electron chi connectivity index (χ2n) is 19.6. The third-order valence-corrected chi connectivity index (χ3v) is 13.8. The van der Waals surface area contributed by atoms with Gasteiger partial charge in [-0.1, -0.05) is 60.7 Å². The van der Waals surface area contributed by atoms with Crippen molar-refractivity contribution in [2.24, 2.45) is 5.73 Å². The van der Waals surface area contributed by atoms with Crippen molar-refractivity contribution in [1.29, 1.82) is 0 Å². The van der Waals surface area contributed by atoms with E-state index in [1.54, 1.807) is 87.0 Å². The van der Waals surface area contributed by atoms with Crippen LogP contribution >= 0.6 is 0 Å². The highest BCUT2D eigenvalue weighted by atomic mass is 19.4. The fourth-order valence-corrected chi connectivity index (χ4v) is 9.30. The van der Waals surface area contributed by atoms with E-state index < -0.39 is 90.5 Å². The minimum absolute atomic E-state index is 0.0555. The zero-order valence-electron chi connectivity index (χ0n) is 46.2. The molecule has 2 aliphatic rings. The van der Waals surface area contributed by atoms with Crippen LogP contribution in [0.1, 0.15) is 33.4 Å². The lowest BCUT2D eigenvalue weighted by Gasteiger charge is -2.49. The molecule has 6 N–H and O–H groups in total. The molecule has 0 radical (unpaired) electrons. The molecule has 4 amide bonds. The number of ether oxygens (including phenoxy) is 11. The number of amides is 4. The van der Waals surface area contributed by atoms with E-state index in [9.17, 15) is 35.9 Å².